The molecule has 4 aromatic heterocycles. The van der Waals surface area contributed by atoms with E-state index >= 15 is 0 Å². The Labute approximate surface area is 256 Å². The summed E-state index contributed by atoms with van der Waals surface area (Å²) in [6.45, 7) is 0. The molecule has 0 radical (unpaired) electrons. The van der Waals surface area contributed by atoms with Crippen LogP contribution in [-0.4, -0.2) is 14.5 Å². The van der Waals surface area contributed by atoms with Crippen LogP contribution >= 0.6 is 11.3 Å². The fourth-order valence-electron chi connectivity index (χ4n) is 7.08. The van der Waals surface area contributed by atoms with Crippen LogP contribution in [0, 0.1) is 0 Å². The minimum atomic E-state index is 0.969. The second-order valence-electron chi connectivity index (χ2n) is 11.4. The second kappa shape index (κ2) is 8.96. The van der Waals surface area contributed by atoms with Crippen LogP contribution in [0.15, 0.2) is 140 Å². The van der Waals surface area contributed by atoms with Gasteiger partial charge in [-0.2, -0.15) is 0 Å². The molecule has 0 N–H and O–H groups in total. The van der Waals surface area contributed by atoms with Crippen LogP contribution in [0.25, 0.3) is 91.5 Å². The van der Waals surface area contributed by atoms with Gasteiger partial charge < -0.3 is 4.57 Å². The Bertz CT molecular complexity index is 2740. The highest BCUT2D eigenvalue weighted by Gasteiger charge is 2.19. The maximum atomic E-state index is 5.34. The van der Waals surface area contributed by atoms with Gasteiger partial charge in [0.15, 0.2) is 0 Å². The van der Waals surface area contributed by atoms with Crippen molar-refractivity contribution in [3.63, 3.8) is 0 Å². The third-order valence-electron chi connectivity index (χ3n) is 9.01. The minimum absolute atomic E-state index is 0.969. The van der Waals surface area contributed by atoms with E-state index in [9.17, 15) is 0 Å². The van der Waals surface area contributed by atoms with Gasteiger partial charge in [0.2, 0.25) is 0 Å². The van der Waals surface area contributed by atoms with Crippen molar-refractivity contribution < 1.29 is 0 Å². The monoisotopic (exact) mass is 577 g/mol. The van der Waals surface area contributed by atoms with Crippen LogP contribution in [0.3, 0.4) is 0 Å². The van der Waals surface area contributed by atoms with Gasteiger partial charge in [0, 0.05) is 69.9 Å². The molecule has 0 aliphatic carbocycles. The van der Waals surface area contributed by atoms with Crippen molar-refractivity contribution in [3.05, 3.63) is 140 Å². The summed E-state index contributed by atoms with van der Waals surface area (Å²) in [5.41, 5.74) is 7.69. The normalized spacial score (nSPS) is 12.1. The van der Waals surface area contributed by atoms with Crippen LogP contribution in [-0.2, 0) is 0 Å². The van der Waals surface area contributed by atoms with Gasteiger partial charge in [0.05, 0.1) is 27.8 Å². The SMILES string of the molecule is c1ccc(-n2c3ccc(-c4ccc5c6cccnc6c6ccccc6c5n4)cc3c3c4sc5ccccc5c4ccc32)cc1. The predicted octanol–water partition coefficient (Wildman–Crippen LogP) is 11.1. The molecule has 0 fully saturated rings. The standard InChI is InChI=1S/C40H23N3S/c1-2-9-25(10-3-1)43-34-20-16-24(23-32(34)37-35(43)21-18-31-26-11-6-7-15-36(26)44-40(31)37)33-19-17-30-28-14-8-22-41-38(28)27-12-4-5-13-29(27)39(30)42-33/h1-23H. The van der Waals surface area contributed by atoms with E-state index in [2.05, 4.69) is 132 Å². The number of benzene rings is 6. The van der Waals surface area contributed by atoms with Crippen molar-refractivity contribution in [1.82, 2.24) is 14.5 Å². The van der Waals surface area contributed by atoms with E-state index in [0.717, 1.165) is 49.5 Å². The van der Waals surface area contributed by atoms with E-state index in [1.807, 2.05) is 23.6 Å². The van der Waals surface area contributed by atoms with E-state index in [4.69, 9.17) is 9.97 Å². The maximum Gasteiger partial charge on any atom is 0.0795 e. The molecule has 10 rings (SSSR count). The van der Waals surface area contributed by atoms with Crippen molar-refractivity contribution >= 4 is 85.9 Å². The Morgan fingerprint density at radius 3 is 2.05 bits per heavy atom. The summed E-state index contributed by atoms with van der Waals surface area (Å²) in [4.78, 5) is 10.1. The fourth-order valence-corrected chi connectivity index (χ4v) is 8.34. The molecule has 10 aromatic rings. The third kappa shape index (κ3) is 3.26. The molecule has 0 aliphatic rings. The number of hydrogen-bond acceptors (Lipinski definition) is 3. The summed E-state index contributed by atoms with van der Waals surface area (Å²) >= 11 is 1.89. The van der Waals surface area contributed by atoms with E-state index in [0.29, 0.717) is 0 Å². The number of thiophene rings is 1. The number of para-hydroxylation sites is 1. The maximum absolute atomic E-state index is 5.34. The highest BCUT2D eigenvalue weighted by molar-refractivity contribution is 7.26. The largest absolute Gasteiger partial charge is 0.309 e. The molecule has 204 valence electrons. The average molecular weight is 578 g/mol. The van der Waals surface area contributed by atoms with E-state index in [-0.39, 0.29) is 0 Å². The fraction of sp³-hybridized carbons (Fsp3) is 0. The minimum Gasteiger partial charge on any atom is -0.309 e. The Hall–Kier alpha value is -5.58. The molecule has 4 heteroatoms. The number of nitrogens with zero attached hydrogens (tertiary/aromatic N) is 3. The first kappa shape index (κ1) is 23.9. The summed E-state index contributed by atoms with van der Waals surface area (Å²) in [6.07, 6.45) is 1.87. The lowest BCUT2D eigenvalue weighted by Gasteiger charge is -2.11. The molecule has 6 aromatic carbocycles. The smallest absolute Gasteiger partial charge is 0.0795 e. The molecule has 0 aliphatic heterocycles. The van der Waals surface area contributed by atoms with Crippen LogP contribution in [0.2, 0.25) is 0 Å². The van der Waals surface area contributed by atoms with Gasteiger partial charge in [-0.25, -0.2) is 4.98 Å². The highest BCUT2D eigenvalue weighted by atomic mass is 32.1. The molecule has 4 heterocycles. The Morgan fingerprint density at radius 1 is 0.500 bits per heavy atom. The third-order valence-corrected chi connectivity index (χ3v) is 10.2. The zero-order valence-corrected chi connectivity index (χ0v) is 24.3. The van der Waals surface area contributed by atoms with Gasteiger partial charge in [0.1, 0.15) is 0 Å². The number of rotatable bonds is 2. The summed E-state index contributed by atoms with van der Waals surface area (Å²) in [7, 11) is 0. The second-order valence-corrected chi connectivity index (χ2v) is 12.4. The van der Waals surface area contributed by atoms with Gasteiger partial charge in [-0.15, -0.1) is 11.3 Å². The first-order valence-electron chi connectivity index (χ1n) is 14.8. The van der Waals surface area contributed by atoms with Crippen molar-refractivity contribution in [3.8, 4) is 16.9 Å². The van der Waals surface area contributed by atoms with Gasteiger partial charge >= 0.3 is 0 Å². The van der Waals surface area contributed by atoms with Gasteiger partial charge in [-0.1, -0.05) is 78.9 Å². The lowest BCUT2D eigenvalue weighted by atomic mass is 9.99. The first-order valence-corrected chi connectivity index (χ1v) is 15.7. The lowest BCUT2D eigenvalue weighted by Crippen LogP contribution is -1.93. The Kier molecular flexibility index (Phi) is 4.87. The molecule has 44 heavy (non-hydrogen) atoms. The van der Waals surface area contributed by atoms with Gasteiger partial charge in [-0.05, 0) is 54.6 Å². The zero-order valence-electron chi connectivity index (χ0n) is 23.5. The molecule has 0 unspecified atom stereocenters. The average Bonchev–Trinajstić information content (AvgIpc) is 3.64. The first-order chi connectivity index (χ1) is 21.8. The summed E-state index contributed by atoms with van der Waals surface area (Å²) in [5, 5.41) is 9.69. The van der Waals surface area contributed by atoms with E-state index in [1.165, 1.54) is 42.0 Å². The Balaban J connectivity index is 1.30. The van der Waals surface area contributed by atoms with Crippen LogP contribution in [0.1, 0.15) is 0 Å². The van der Waals surface area contributed by atoms with E-state index < -0.39 is 0 Å². The molecule has 0 saturated carbocycles. The van der Waals surface area contributed by atoms with Crippen LogP contribution in [0.5, 0.6) is 0 Å². The molecule has 0 saturated heterocycles. The quantitative estimate of drug-likeness (QED) is 0.191. The Morgan fingerprint density at radius 2 is 1.18 bits per heavy atom. The van der Waals surface area contributed by atoms with Gasteiger partial charge in [-0.3, -0.25) is 4.98 Å². The molecule has 0 amide bonds. The number of pyridine rings is 2. The van der Waals surface area contributed by atoms with E-state index in [1.54, 1.807) is 0 Å². The molecular weight excluding hydrogens is 555 g/mol. The summed E-state index contributed by atoms with van der Waals surface area (Å²) in [6, 6.07) is 47.9. The van der Waals surface area contributed by atoms with Crippen molar-refractivity contribution in [2.75, 3.05) is 0 Å². The van der Waals surface area contributed by atoms with Crippen LogP contribution in [0.4, 0.5) is 0 Å². The molecule has 0 bridgehead atoms. The zero-order chi connectivity index (χ0) is 28.8. The van der Waals surface area contributed by atoms with Crippen molar-refractivity contribution in [2.24, 2.45) is 0 Å². The van der Waals surface area contributed by atoms with Gasteiger partial charge in [0.25, 0.3) is 0 Å². The molecule has 3 nitrogen and oxygen atoms in total. The summed E-state index contributed by atoms with van der Waals surface area (Å²) in [5.74, 6) is 0. The lowest BCUT2D eigenvalue weighted by molar-refractivity contribution is 1.18. The predicted molar refractivity (Wildman–Crippen MR) is 187 cm³/mol. The topological polar surface area (TPSA) is 30.7 Å². The van der Waals surface area contributed by atoms with Crippen LogP contribution < -0.4 is 0 Å². The molecule has 0 atom stereocenters. The number of hydrogen-bond donors (Lipinski definition) is 0. The molecular formula is C40H23N3S. The highest BCUT2D eigenvalue weighted by Crippen LogP contribution is 2.44. The number of aromatic nitrogens is 3. The van der Waals surface area contributed by atoms with Crippen molar-refractivity contribution in [1.29, 1.82) is 0 Å². The summed E-state index contributed by atoms with van der Waals surface area (Å²) < 4.78 is 5.05. The number of fused-ring (bicyclic) bond motifs is 13. The molecule has 0 spiro atoms. The van der Waals surface area contributed by atoms with Crippen molar-refractivity contribution in [2.45, 2.75) is 0 Å².